The van der Waals surface area contributed by atoms with Crippen molar-refractivity contribution in [3.05, 3.63) is 76.2 Å². The molecule has 2 nitrogen and oxygen atoms in total. The lowest BCUT2D eigenvalue weighted by Gasteiger charge is -2.15. The van der Waals surface area contributed by atoms with Gasteiger partial charge in [0.2, 0.25) is 0 Å². The molecule has 22 heavy (non-hydrogen) atoms. The maximum atomic E-state index is 11.1. The fourth-order valence-corrected chi connectivity index (χ4v) is 2.84. The van der Waals surface area contributed by atoms with E-state index in [0.29, 0.717) is 5.92 Å². The number of benzene rings is 2. The zero-order valence-electron chi connectivity index (χ0n) is 13.5. The number of nitroso groups, excluding NO2 is 1. The Morgan fingerprint density at radius 3 is 2.32 bits per heavy atom. The highest BCUT2D eigenvalue weighted by Gasteiger charge is 2.14. The van der Waals surface area contributed by atoms with Gasteiger partial charge in [-0.2, -0.15) is 4.91 Å². The number of rotatable bonds is 8. The first-order chi connectivity index (χ1) is 10.7. The van der Waals surface area contributed by atoms with E-state index in [2.05, 4.69) is 55.4 Å². The summed E-state index contributed by atoms with van der Waals surface area (Å²) in [6.07, 6.45) is 3.74. The van der Waals surface area contributed by atoms with Gasteiger partial charge in [-0.3, -0.25) is 0 Å². The molecule has 2 rings (SSSR count). The maximum absolute atomic E-state index is 11.1. The molecular weight excluding hydrogens is 270 g/mol. The molecule has 0 spiro atoms. The van der Waals surface area contributed by atoms with Gasteiger partial charge in [0.05, 0.1) is 6.04 Å². The Bertz CT molecular complexity index is 562. The Kier molecular flexibility index (Phi) is 6.32. The van der Waals surface area contributed by atoms with Crippen LogP contribution in [-0.2, 0) is 6.42 Å². The second kappa shape index (κ2) is 8.47. The first-order valence-corrected chi connectivity index (χ1v) is 8.12. The summed E-state index contributed by atoms with van der Waals surface area (Å²) in [5.41, 5.74) is 3.91. The van der Waals surface area contributed by atoms with Gasteiger partial charge in [0, 0.05) is 0 Å². The molecule has 116 valence electrons. The minimum absolute atomic E-state index is 0.0827. The predicted molar refractivity (Wildman–Crippen MR) is 93.2 cm³/mol. The van der Waals surface area contributed by atoms with E-state index in [9.17, 15) is 4.91 Å². The van der Waals surface area contributed by atoms with Crippen molar-refractivity contribution in [2.45, 2.75) is 51.5 Å². The minimum atomic E-state index is -0.0827. The van der Waals surface area contributed by atoms with Gasteiger partial charge in [-0.25, -0.2) is 0 Å². The summed E-state index contributed by atoms with van der Waals surface area (Å²) in [5, 5.41) is 3.35. The van der Waals surface area contributed by atoms with Gasteiger partial charge in [0.15, 0.2) is 0 Å². The van der Waals surface area contributed by atoms with E-state index in [0.717, 1.165) is 25.7 Å². The lowest BCUT2D eigenvalue weighted by Crippen LogP contribution is -2.09. The van der Waals surface area contributed by atoms with E-state index < -0.39 is 0 Å². The molecule has 0 aliphatic heterocycles. The van der Waals surface area contributed by atoms with Gasteiger partial charge in [-0.15, -0.1) is 0 Å². The summed E-state index contributed by atoms with van der Waals surface area (Å²) >= 11 is 0. The molecule has 2 unspecified atom stereocenters. The predicted octanol–water partition coefficient (Wildman–Crippen LogP) is 5.65. The molecule has 2 heteroatoms. The van der Waals surface area contributed by atoms with E-state index in [1.165, 1.54) is 16.7 Å². The van der Waals surface area contributed by atoms with Crippen LogP contribution in [0.2, 0.25) is 0 Å². The molecule has 2 atom stereocenters. The zero-order valence-corrected chi connectivity index (χ0v) is 13.5. The largest absolute Gasteiger partial charge is 0.151 e. The molecule has 0 fully saturated rings. The van der Waals surface area contributed by atoms with Crippen molar-refractivity contribution in [2.24, 2.45) is 5.18 Å². The van der Waals surface area contributed by atoms with Crippen molar-refractivity contribution in [3.8, 4) is 0 Å². The van der Waals surface area contributed by atoms with Crippen molar-refractivity contribution >= 4 is 0 Å². The van der Waals surface area contributed by atoms with E-state index in [1.54, 1.807) is 0 Å². The first kappa shape index (κ1) is 16.4. The molecule has 0 heterocycles. The van der Waals surface area contributed by atoms with Crippen molar-refractivity contribution in [2.75, 3.05) is 0 Å². The summed E-state index contributed by atoms with van der Waals surface area (Å²) in [6, 6.07) is 18.9. The summed E-state index contributed by atoms with van der Waals surface area (Å²) in [4.78, 5) is 11.1. The van der Waals surface area contributed by atoms with Crippen LogP contribution in [0.4, 0.5) is 0 Å². The fourth-order valence-electron chi connectivity index (χ4n) is 2.84. The number of hydrogen-bond acceptors (Lipinski definition) is 2. The Hall–Kier alpha value is -1.96. The van der Waals surface area contributed by atoms with Crippen LogP contribution in [0.3, 0.4) is 0 Å². The summed E-state index contributed by atoms with van der Waals surface area (Å²) < 4.78 is 0. The first-order valence-electron chi connectivity index (χ1n) is 8.12. The Morgan fingerprint density at radius 2 is 1.68 bits per heavy atom. The van der Waals surface area contributed by atoms with Crippen molar-refractivity contribution in [1.29, 1.82) is 0 Å². The molecule has 0 N–H and O–H groups in total. The fraction of sp³-hybridized carbons (Fsp3) is 0.400. The third-order valence-corrected chi connectivity index (χ3v) is 4.27. The van der Waals surface area contributed by atoms with Crippen molar-refractivity contribution in [1.82, 2.24) is 0 Å². The maximum Gasteiger partial charge on any atom is 0.0925 e. The Morgan fingerprint density at radius 1 is 1.00 bits per heavy atom. The van der Waals surface area contributed by atoms with Crippen LogP contribution < -0.4 is 0 Å². The zero-order chi connectivity index (χ0) is 15.8. The standard InChI is InChI=1S/C20H25NO/c1-16-11-13-18(14-12-16)7-6-10-20(21-22)15-17(2)19-8-4-3-5-9-19/h3-5,8-9,11-14,17,20H,6-7,10,15H2,1-2H3. The number of aryl methyl sites for hydroxylation is 2. The highest BCUT2D eigenvalue weighted by molar-refractivity contribution is 5.21. The van der Waals surface area contributed by atoms with Crippen LogP contribution in [0.5, 0.6) is 0 Å². The van der Waals surface area contributed by atoms with E-state index in [4.69, 9.17) is 0 Å². The number of nitrogens with zero attached hydrogens (tertiary/aromatic N) is 1. The van der Waals surface area contributed by atoms with Crippen LogP contribution >= 0.6 is 0 Å². The lowest BCUT2D eigenvalue weighted by molar-refractivity contribution is 0.504. The van der Waals surface area contributed by atoms with Crippen LogP contribution in [0, 0.1) is 11.8 Å². The highest BCUT2D eigenvalue weighted by Crippen LogP contribution is 2.24. The molecule has 0 amide bonds. The molecule has 0 saturated heterocycles. The molecule has 0 radical (unpaired) electrons. The summed E-state index contributed by atoms with van der Waals surface area (Å²) in [5.74, 6) is 0.378. The second-order valence-corrected chi connectivity index (χ2v) is 6.18. The van der Waals surface area contributed by atoms with Crippen LogP contribution in [0.1, 0.15) is 48.8 Å². The molecule has 0 aromatic heterocycles. The third-order valence-electron chi connectivity index (χ3n) is 4.27. The van der Waals surface area contributed by atoms with Gasteiger partial charge >= 0.3 is 0 Å². The average Bonchev–Trinajstić information content (AvgIpc) is 2.56. The van der Waals surface area contributed by atoms with Gasteiger partial charge < -0.3 is 0 Å². The van der Waals surface area contributed by atoms with Gasteiger partial charge in [0.1, 0.15) is 0 Å². The topological polar surface area (TPSA) is 29.4 Å². The van der Waals surface area contributed by atoms with Crippen molar-refractivity contribution in [3.63, 3.8) is 0 Å². The summed E-state index contributed by atoms with van der Waals surface area (Å²) in [7, 11) is 0. The SMILES string of the molecule is Cc1ccc(CCCC(CC(C)c2ccccc2)N=O)cc1. The highest BCUT2D eigenvalue weighted by atomic mass is 16.3. The van der Waals surface area contributed by atoms with Crippen LogP contribution in [0.25, 0.3) is 0 Å². The average molecular weight is 295 g/mol. The minimum Gasteiger partial charge on any atom is -0.151 e. The number of hydrogen-bond donors (Lipinski definition) is 0. The molecule has 0 aliphatic carbocycles. The monoisotopic (exact) mass is 295 g/mol. The second-order valence-electron chi connectivity index (χ2n) is 6.18. The Labute approximate surface area is 133 Å². The lowest BCUT2D eigenvalue weighted by atomic mass is 9.92. The Balaban J connectivity index is 1.79. The van der Waals surface area contributed by atoms with Crippen LogP contribution in [-0.4, -0.2) is 6.04 Å². The van der Waals surface area contributed by atoms with E-state index in [1.807, 2.05) is 18.2 Å². The normalized spacial score (nSPS) is 13.5. The molecule has 0 aliphatic rings. The smallest absolute Gasteiger partial charge is 0.0925 e. The third kappa shape index (κ3) is 5.10. The van der Waals surface area contributed by atoms with Gasteiger partial charge in [0.25, 0.3) is 0 Å². The molecule has 2 aromatic rings. The quantitative estimate of drug-likeness (QED) is 0.579. The van der Waals surface area contributed by atoms with E-state index in [-0.39, 0.29) is 6.04 Å². The molecular formula is C20H25NO. The molecule has 2 aromatic carbocycles. The molecule has 0 bridgehead atoms. The van der Waals surface area contributed by atoms with E-state index >= 15 is 0 Å². The van der Waals surface area contributed by atoms with Gasteiger partial charge in [-0.1, -0.05) is 72.3 Å². The molecule has 0 saturated carbocycles. The van der Waals surface area contributed by atoms with Gasteiger partial charge in [-0.05, 0) is 49.7 Å². The van der Waals surface area contributed by atoms with Crippen LogP contribution in [0.15, 0.2) is 59.8 Å². The summed E-state index contributed by atoms with van der Waals surface area (Å²) in [6.45, 7) is 4.27. The van der Waals surface area contributed by atoms with Crippen molar-refractivity contribution < 1.29 is 0 Å².